The molecular weight excluding hydrogens is 206 g/mol. The van der Waals surface area contributed by atoms with Gasteiger partial charge in [-0.05, 0) is 18.7 Å². The molecule has 84 valence electrons. The van der Waals surface area contributed by atoms with E-state index in [1.165, 1.54) is 0 Å². The second-order valence-electron chi connectivity index (χ2n) is 3.37. The van der Waals surface area contributed by atoms with Crippen molar-refractivity contribution in [2.24, 2.45) is 5.73 Å². The minimum Gasteiger partial charge on any atom is -0.492 e. The van der Waals surface area contributed by atoms with E-state index in [1.54, 1.807) is 0 Å². The second-order valence-corrected chi connectivity index (χ2v) is 4.77. The van der Waals surface area contributed by atoms with Crippen LogP contribution in [0, 0.1) is 0 Å². The van der Waals surface area contributed by atoms with Gasteiger partial charge >= 0.3 is 0 Å². The normalized spacial score (nSPS) is 12.5. The molecule has 0 aliphatic rings. The molecule has 0 spiro atoms. The summed E-state index contributed by atoms with van der Waals surface area (Å²) < 4.78 is 5.70. The van der Waals surface area contributed by atoms with Crippen molar-refractivity contribution in [3.05, 3.63) is 29.8 Å². The van der Waals surface area contributed by atoms with E-state index in [4.69, 9.17) is 10.5 Å². The molecule has 1 aromatic carbocycles. The molecule has 0 heterocycles. The van der Waals surface area contributed by atoms with Crippen molar-refractivity contribution < 1.29 is 4.74 Å². The highest BCUT2D eigenvalue weighted by Crippen LogP contribution is 2.23. The quantitative estimate of drug-likeness (QED) is 0.756. The van der Waals surface area contributed by atoms with E-state index in [1.807, 2.05) is 43.0 Å². The van der Waals surface area contributed by atoms with E-state index < -0.39 is 0 Å². The van der Waals surface area contributed by atoms with Crippen molar-refractivity contribution in [1.82, 2.24) is 0 Å². The molecule has 0 bridgehead atoms. The van der Waals surface area contributed by atoms with Gasteiger partial charge in [0, 0.05) is 17.4 Å². The lowest BCUT2D eigenvalue weighted by molar-refractivity contribution is 0.338. The van der Waals surface area contributed by atoms with E-state index in [9.17, 15) is 0 Å². The first-order valence-corrected chi connectivity index (χ1v) is 6.46. The van der Waals surface area contributed by atoms with Crippen LogP contribution in [0.15, 0.2) is 24.3 Å². The molecule has 0 aromatic heterocycles. The number of para-hydroxylation sites is 1. The summed E-state index contributed by atoms with van der Waals surface area (Å²) in [5, 5.41) is 0. The van der Waals surface area contributed by atoms with E-state index >= 15 is 0 Å². The van der Waals surface area contributed by atoms with Gasteiger partial charge in [-0.15, -0.1) is 0 Å². The van der Waals surface area contributed by atoms with Crippen LogP contribution in [0.3, 0.4) is 0 Å². The Balaban J connectivity index is 2.52. The number of rotatable bonds is 6. The van der Waals surface area contributed by atoms with Crippen LogP contribution in [-0.4, -0.2) is 18.1 Å². The molecule has 0 fully saturated rings. The third-order valence-corrected chi connectivity index (χ3v) is 2.96. The summed E-state index contributed by atoms with van der Waals surface area (Å²) in [4.78, 5) is 0. The fourth-order valence-electron chi connectivity index (χ4n) is 1.34. The van der Waals surface area contributed by atoms with Gasteiger partial charge in [0.2, 0.25) is 0 Å². The Bertz CT molecular complexity index is 289. The zero-order valence-corrected chi connectivity index (χ0v) is 10.2. The van der Waals surface area contributed by atoms with Crippen molar-refractivity contribution in [2.45, 2.75) is 19.9 Å². The van der Waals surface area contributed by atoms with Crippen LogP contribution in [0.1, 0.15) is 25.5 Å². The highest BCUT2D eigenvalue weighted by Gasteiger charge is 2.06. The Morgan fingerprint density at radius 3 is 2.80 bits per heavy atom. The standard InChI is InChI=1S/C12H19NOS/c1-3-15-9-8-14-12-7-5-4-6-11(12)10(2)13/h4-7,10H,3,8-9,13H2,1-2H3/t10-/m0/s1. The van der Waals surface area contributed by atoms with Gasteiger partial charge in [0.1, 0.15) is 5.75 Å². The number of hydrogen-bond acceptors (Lipinski definition) is 3. The van der Waals surface area contributed by atoms with Crippen molar-refractivity contribution in [3.63, 3.8) is 0 Å². The van der Waals surface area contributed by atoms with Crippen LogP contribution in [0.5, 0.6) is 5.75 Å². The van der Waals surface area contributed by atoms with Crippen molar-refractivity contribution in [1.29, 1.82) is 0 Å². The zero-order chi connectivity index (χ0) is 11.1. The van der Waals surface area contributed by atoms with Gasteiger partial charge in [-0.3, -0.25) is 0 Å². The van der Waals surface area contributed by atoms with Crippen molar-refractivity contribution in [3.8, 4) is 5.75 Å². The smallest absolute Gasteiger partial charge is 0.124 e. The second kappa shape index (κ2) is 6.75. The molecule has 0 aliphatic heterocycles. The summed E-state index contributed by atoms with van der Waals surface area (Å²) in [5.41, 5.74) is 6.94. The Kier molecular flexibility index (Phi) is 5.58. The van der Waals surface area contributed by atoms with E-state index in [0.29, 0.717) is 0 Å². The molecule has 0 aliphatic carbocycles. The molecule has 2 nitrogen and oxygen atoms in total. The van der Waals surface area contributed by atoms with Crippen LogP contribution < -0.4 is 10.5 Å². The van der Waals surface area contributed by atoms with Crippen molar-refractivity contribution in [2.75, 3.05) is 18.1 Å². The summed E-state index contributed by atoms with van der Waals surface area (Å²) in [6, 6.07) is 8.00. The SMILES string of the molecule is CCSCCOc1ccccc1[C@H](C)N. The van der Waals surface area contributed by atoms with E-state index in [0.717, 1.165) is 29.4 Å². The molecule has 0 saturated carbocycles. The zero-order valence-electron chi connectivity index (χ0n) is 9.40. The topological polar surface area (TPSA) is 35.2 Å². The minimum atomic E-state index is 0.0278. The van der Waals surface area contributed by atoms with Crippen LogP contribution in [-0.2, 0) is 0 Å². The average molecular weight is 225 g/mol. The molecule has 0 saturated heterocycles. The lowest BCUT2D eigenvalue weighted by atomic mass is 10.1. The molecule has 1 rings (SSSR count). The number of hydrogen-bond donors (Lipinski definition) is 1. The predicted molar refractivity (Wildman–Crippen MR) is 67.5 cm³/mol. The Hall–Kier alpha value is -0.670. The molecule has 0 radical (unpaired) electrons. The third kappa shape index (κ3) is 4.14. The molecule has 0 unspecified atom stereocenters. The third-order valence-electron chi connectivity index (χ3n) is 2.10. The summed E-state index contributed by atoms with van der Waals surface area (Å²) in [6.07, 6.45) is 0. The first kappa shape index (κ1) is 12.4. The fraction of sp³-hybridized carbons (Fsp3) is 0.500. The number of ether oxygens (including phenoxy) is 1. The number of benzene rings is 1. The highest BCUT2D eigenvalue weighted by atomic mass is 32.2. The number of thioether (sulfide) groups is 1. The largest absolute Gasteiger partial charge is 0.492 e. The van der Waals surface area contributed by atoms with Crippen LogP contribution in [0.25, 0.3) is 0 Å². The maximum Gasteiger partial charge on any atom is 0.124 e. The molecule has 1 aromatic rings. The number of nitrogens with two attached hydrogens (primary N) is 1. The summed E-state index contributed by atoms with van der Waals surface area (Å²) in [5.74, 6) is 3.09. The molecule has 2 N–H and O–H groups in total. The Labute approximate surface area is 96.2 Å². The van der Waals surface area contributed by atoms with Crippen molar-refractivity contribution >= 4 is 11.8 Å². The van der Waals surface area contributed by atoms with Gasteiger partial charge in [0.05, 0.1) is 6.61 Å². The van der Waals surface area contributed by atoms with Gasteiger partial charge < -0.3 is 10.5 Å². The van der Waals surface area contributed by atoms with Gasteiger partial charge in [0.15, 0.2) is 0 Å². The van der Waals surface area contributed by atoms with Gasteiger partial charge in [0.25, 0.3) is 0 Å². The first-order valence-electron chi connectivity index (χ1n) is 5.30. The van der Waals surface area contributed by atoms with Gasteiger partial charge in [-0.2, -0.15) is 11.8 Å². The van der Waals surface area contributed by atoms with E-state index in [2.05, 4.69) is 6.92 Å². The highest BCUT2D eigenvalue weighted by molar-refractivity contribution is 7.99. The first-order chi connectivity index (χ1) is 7.25. The van der Waals surface area contributed by atoms with Gasteiger partial charge in [-0.25, -0.2) is 0 Å². The molecular formula is C12H19NOS. The Morgan fingerprint density at radius 2 is 2.13 bits per heavy atom. The summed E-state index contributed by atoms with van der Waals surface area (Å²) >= 11 is 1.89. The molecule has 1 atom stereocenters. The maximum absolute atomic E-state index is 5.86. The van der Waals surface area contributed by atoms with Gasteiger partial charge in [-0.1, -0.05) is 25.1 Å². The minimum absolute atomic E-state index is 0.0278. The molecule has 15 heavy (non-hydrogen) atoms. The average Bonchev–Trinajstić information content (AvgIpc) is 2.25. The summed E-state index contributed by atoms with van der Waals surface area (Å²) in [6.45, 7) is 4.88. The summed E-state index contributed by atoms with van der Waals surface area (Å²) in [7, 11) is 0. The van der Waals surface area contributed by atoms with E-state index in [-0.39, 0.29) is 6.04 Å². The predicted octanol–water partition coefficient (Wildman–Crippen LogP) is 2.84. The molecule has 0 amide bonds. The molecule has 3 heteroatoms. The fourth-order valence-corrected chi connectivity index (χ4v) is 1.83. The monoisotopic (exact) mass is 225 g/mol. The van der Waals surface area contributed by atoms with Crippen LogP contribution in [0.2, 0.25) is 0 Å². The van der Waals surface area contributed by atoms with Crippen LogP contribution in [0.4, 0.5) is 0 Å². The van der Waals surface area contributed by atoms with Crippen LogP contribution >= 0.6 is 11.8 Å². The lowest BCUT2D eigenvalue weighted by Crippen LogP contribution is -2.09. The maximum atomic E-state index is 5.86. The Morgan fingerprint density at radius 1 is 1.40 bits per heavy atom. The lowest BCUT2D eigenvalue weighted by Gasteiger charge is -2.13.